The molecule has 1 amide bonds. The highest BCUT2D eigenvalue weighted by Gasteiger charge is 2.20. The van der Waals surface area contributed by atoms with Crippen LogP contribution in [-0.4, -0.2) is 43.2 Å². The summed E-state index contributed by atoms with van der Waals surface area (Å²) < 4.78 is 5.38. The zero-order valence-electron chi connectivity index (χ0n) is 17.3. The first-order valence-electron chi connectivity index (χ1n) is 9.73. The van der Waals surface area contributed by atoms with Gasteiger partial charge in [0, 0.05) is 33.7 Å². The van der Waals surface area contributed by atoms with Crippen molar-refractivity contribution in [3.8, 4) is 0 Å². The lowest BCUT2D eigenvalue weighted by molar-refractivity contribution is 0.0285. The SMILES string of the molecule is CN=C(NCCC1CC1)NCc1ccc(CN(C)C(=O)OC(C)(C)C)cc1. The first kappa shape index (κ1) is 21.1. The summed E-state index contributed by atoms with van der Waals surface area (Å²) in [4.78, 5) is 17.9. The van der Waals surface area contributed by atoms with Crippen molar-refractivity contribution in [2.75, 3.05) is 20.6 Å². The zero-order valence-corrected chi connectivity index (χ0v) is 17.3. The molecule has 0 unspecified atom stereocenters. The molecule has 0 heterocycles. The zero-order chi connectivity index (χ0) is 19.9. The Balaban J connectivity index is 1.75. The molecule has 1 aromatic rings. The van der Waals surface area contributed by atoms with Gasteiger partial charge in [0.05, 0.1) is 0 Å². The molecule has 1 aliphatic carbocycles. The maximum atomic E-state index is 12.0. The van der Waals surface area contributed by atoms with Gasteiger partial charge in [0.25, 0.3) is 0 Å². The molecule has 1 saturated carbocycles. The molecule has 0 atom stereocenters. The molecule has 0 aromatic heterocycles. The molecule has 0 bridgehead atoms. The highest BCUT2D eigenvalue weighted by atomic mass is 16.6. The molecule has 1 fully saturated rings. The standard InChI is InChI=1S/C21H34N4O2/c1-21(2,3)27-20(26)25(5)15-18-10-8-17(9-11-18)14-24-19(22-4)23-13-12-16-6-7-16/h8-11,16H,6-7,12-15H2,1-5H3,(H2,22,23,24). The van der Waals surface area contributed by atoms with Crippen LogP contribution in [0.1, 0.15) is 51.2 Å². The molecule has 6 heteroatoms. The molecule has 150 valence electrons. The van der Waals surface area contributed by atoms with Crippen LogP contribution >= 0.6 is 0 Å². The Hall–Kier alpha value is -2.24. The third-order valence-electron chi connectivity index (χ3n) is 4.37. The van der Waals surface area contributed by atoms with Crippen LogP contribution in [0.2, 0.25) is 0 Å². The second kappa shape index (κ2) is 9.62. The van der Waals surface area contributed by atoms with E-state index in [2.05, 4.69) is 27.8 Å². The predicted octanol–water partition coefficient (Wildman–Crippen LogP) is 3.52. The summed E-state index contributed by atoms with van der Waals surface area (Å²) in [6, 6.07) is 8.23. The number of aliphatic imine (C=N–C) groups is 1. The van der Waals surface area contributed by atoms with E-state index in [1.54, 1.807) is 19.0 Å². The Bertz CT molecular complexity index is 631. The van der Waals surface area contributed by atoms with Crippen LogP contribution in [-0.2, 0) is 17.8 Å². The molecule has 27 heavy (non-hydrogen) atoms. The number of guanidine groups is 1. The van der Waals surface area contributed by atoms with E-state index >= 15 is 0 Å². The Labute approximate surface area is 163 Å². The fourth-order valence-corrected chi connectivity index (χ4v) is 2.65. The lowest BCUT2D eigenvalue weighted by Crippen LogP contribution is -2.37. The maximum Gasteiger partial charge on any atom is 0.410 e. The van der Waals surface area contributed by atoms with Crippen molar-refractivity contribution in [3.63, 3.8) is 0 Å². The van der Waals surface area contributed by atoms with Crippen molar-refractivity contribution in [3.05, 3.63) is 35.4 Å². The number of amides is 1. The molecule has 0 radical (unpaired) electrons. The molecule has 2 rings (SSSR count). The summed E-state index contributed by atoms with van der Waals surface area (Å²) in [6.45, 7) is 7.82. The monoisotopic (exact) mass is 374 g/mol. The second-order valence-corrected chi connectivity index (χ2v) is 8.24. The van der Waals surface area contributed by atoms with Crippen LogP contribution in [0.25, 0.3) is 0 Å². The van der Waals surface area contributed by atoms with Crippen LogP contribution in [0.3, 0.4) is 0 Å². The van der Waals surface area contributed by atoms with Gasteiger partial charge < -0.3 is 20.3 Å². The first-order chi connectivity index (χ1) is 12.8. The van der Waals surface area contributed by atoms with Gasteiger partial charge in [-0.2, -0.15) is 0 Å². The Morgan fingerprint density at radius 2 is 1.81 bits per heavy atom. The van der Waals surface area contributed by atoms with Gasteiger partial charge in [0.2, 0.25) is 0 Å². The number of nitrogens with zero attached hydrogens (tertiary/aromatic N) is 2. The average Bonchev–Trinajstić information content (AvgIpc) is 3.42. The summed E-state index contributed by atoms with van der Waals surface area (Å²) in [5, 5.41) is 6.70. The third kappa shape index (κ3) is 8.33. The van der Waals surface area contributed by atoms with E-state index < -0.39 is 5.60 Å². The van der Waals surface area contributed by atoms with Crippen molar-refractivity contribution < 1.29 is 9.53 Å². The van der Waals surface area contributed by atoms with Crippen molar-refractivity contribution in [2.24, 2.45) is 10.9 Å². The van der Waals surface area contributed by atoms with Crippen molar-refractivity contribution >= 4 is 12.1 Å². The average molecular weight is 375 g/mol. The highest BCUT2D eigenvalue weighted by molar-refractivity contribution is 5.79. The summed E-state index contributed by atoms with van der Waals surface area (Å²) in [5.41, 5.74) is 1.76. The molecule has 0 aliphatic heterocycles. The molecule has 1 aromatic carbocycles. The summed E-state index contributed by atoms with van der Waals surface area (Å²) in [6.07, 6.45) is 3.67. The fraction of sp³-hybridized carbons (Fsp3) is 0.619. The van der Waals surface area contributed by atoms with Gasteiger partial charge in [0.15, 0.2) is 5.96 Å². The molecule has 0 saturated heterocycles. The van der Waals surface area contributed by atoms with E-state index in [9.17, 15) is 4.79 Å². The summed E-state index contributed by atoms with van der Waals surface area (Å²) >= 11 is 0. The number of benzene rings is 1. The van der Waals surface area contributed by atoms with Crippen LogP contribution < -0.4 is 10.6 Å². The second-order valence-electron chi connectivity index (χ2n) is 8.24. The molecule has 1 aliphatic rings. The molecular formula is C21H34N4O2. The van der Waals surface area contributed by atoms with Gasteiger partial charge in [0.1, 0.15) is 5.60 Å². The number of carbonyl (C=O) groups excluding carboxylic acids is 1. The Morgan fingerprint density at radius 1 is 1.19 bits per heavy atom. The minimum Gasteiger partial charge on any atom is -0.444 e. The molecule has 2 N–H and O–H groups in total. The predicted molar refractivity (Wildman–Crippen MR) is 110 cm³/mol. The van der Waals surface area contributed by atoms with Gasteiger partial charge in [-0.25, -0.2) is 4.79 Å². The first-order valence-corrected chi connectivity index (χ1v) is 9.73. The largest absolute Gasteiger partial charge is 0.444 e. The minimum absolute atomic E-state index is 0.311. The fourth-order valence-electron chi connectivity index (χ4n) is 2.65. The van der Waals surface area contributed by atoms with E-state index in [0.29, 0.717) is 13.1 Å². The van der Waals surface area contributed by atoms with Crippen LogP contribution in [0.15, 0.2) is 29.3 Å². The number of hydrogen-bond donors (Lipinski definition) is 2. The van der Waals surface area contributed by atoms with Crippen LogP contribution in [0, 0.1) is 5.92 Å². The quantitative estimate of drug-likeness (QED) is 0.566. The minimum atomic E-state index is -0.480. The van der Waals surface area contributed by atoms with E-state index in [-0.39, 0.29) is 6.09 Å². The van der Waals surface area contributed by atoms with Crippen molar-refractivity contribution in [1.82, 2.24) is 15.5 Å². The van der Waals surface area contributed by atoms with E-state index in [0.717, 1.165) is 24.0 Å². The van der Waals surface area contributed by atoms with E-state index in [1.165, 1.54) is 24.8 Å². The topological polar surface area (TPSA) is 66.0 Å². The van der Waals surface area contributed by atoms with Gasteiger partial charge in [-0.15, -0.1) is 0 Å². The number of ether oxygens (including phenoxy) is 1. The number of nitrogens with one attached hydrogen (secondary N) is 2. The van der Waals surface area contributed by atoms with Gasteiger partial charge in [-0.1, -0.05) is 37.1 Å². The van der Waals surface area contributed by atoms with Gasteiger partial charge in [-0.05, 0) is 44.2 Å². The lowest BCUT2D eigenvalue weighted by atomic mass is 10.1. The summed E-state index contributed by atoms with van der Waals surface area (Å²) in [5.74, 6) is 1.76. The van der Waals surface area contributed by atoms with Gasteiger partial charge >= 0.3 is 6.09 Å². The molecule has 6 nitrogen and oxygen atoms in total. The van der Waals surface area contributed by atoms with Crippen LogP contribution in [0.4, 0.5) is 4.79 Å². The Morgan fingerprint density at radius 3 is 2.37 bits per heavy atom. The van der Waals surface area contributed by atoms with Gasteiger partial charge in [-0.3, -0.25) is 4.99 Å². The number of carbonyl (C=O) groups is 1. The third-order valence-corrected chi connectivity index (χ3v) is 4.37. The number of rotatable bonds is 7. The lowest BCUT2D eigenvalue weighted by Gasteiger charge is -2.24. The van der Waals surface area contributed by atoms with Crippen molar-refractivity contribution in [2.45, 2.75) is 58.7 Å². The number of hydrogen-bond acceptors (Lipinski definition) is 3. The smallest absolute Gasteiger partial charge is 0.410 e. The maximum absolute atomic E-state index is 12.0. The van der Waals surface area contributed by atoms with Crippen LogP contribution in [0.5, 0.6) is 0 Å². The van der Waals surface area contributed by atoms with Crippen molar-refractivity contribution in [1.29, 1.82) is 0 Å². The van der Waals surface area contributed by atoms with E-state index in [1.807, 2.05) is 32.9 Å². The highest BCUT2D eigenvalue weighted by Crippen LogP contribution is 2.31. The Kier molecular flexibility index (Phi) is 7.51. The summed E-state index contributed by atoms with van der Waals surface area (Å²) in [7, 11) is 3.54. The van der Waals surface area contributed by atoms with E-state index in [4.69, 9.17) is 4.74 Å². The normalized spacial score (nSPS) is 14.6. The molecule has 0 spiro atoms. The molecular weight excluding hydrogens is 340 g/mol.